The Balaban J connectivity index is 1.36. The molecule has 2 saturated heterocycles. The zero-order chi connectivity index (χ0) is 23.2. The molecule has 2 aromatic carbocycles. The van der Waals surface area contributed by atoms with Gasteiger partial charge in [0, 0.05) is 29.6 Å². The number of hydrogen-bond donors (Lipinski definition) is 2. The molecule has 0 saturated carbocycles. The van der Waals surface area contributed by atoms with E-state index < -0.39 is 11.6 Å². The first kappa shape index (κ1) is 22.0. The summed E-state index contributed by atoms with van der Waals surface area (Å²) in [6, 6.07) is 13.6. The number of para-hydroxylation sites is 1. The summed E-state index contributed by atoms with van der Waals surface area (Å²) in [5.74, 6) is -0.0297. The van der Waals surface area contributed by atoms with E-state index in [1.807, 2.05) is 24.3 Å². The summed E-state index contributed by atoms with van der Waals surface area (Å²) in [5, 5.41) is 19.2. The number of aromatic hydroxyl groups is 1. The normalized spacial score (nSPS) is 28.4. The van der Waals surface area contributed by atoms with Crippen molar-refractivity contribution in [2.45, 2.75) is 56.9 Å². The summed E-state index contributed by atoms with van der Waals surface area (Å²) in [6.45, 7) is 6.73. The number of likely N-dealkylation sites (tertiary alicyclic amines) is 1. The van der Waals surface area contributed by atoms with Crippen LogP contribution >= 0.6 is 0 Å². The van der Waals surface area contributed by atoms with Crippen LogP contribution in [0.2, 0.25) is 0 Å². The van der Waals surface area contributed by atoms with Crippen LogP contribution in [0.1, 0.15) is 55.9 Å². The molecule has 1 spiro atoms. The van der Waals surface area contributed by atoms with Crippen molar-refractivity contribution in [3.63, 3.8) is 0 Å². The van der Waals surface area contributed by atoms with Gasteiger partial charge < -0.3 is 19.7 Å². The molecule has 5 rings (SSSR count). The molecule has 2 aromatic rings. The fraction of sp³-hybridized carbons (Fsp3) is 0.444. The van der Waals surface area contributed by atoms with Crippen molar-refractivity contribution >= 4 is 12.0 Å². The quantitative estimate of drug-likeness (QED) is 0.655. The molecule has 33 heavy (non-hydrogen) atoms. The molecule has 174 valence electrons. The number of carbonyl (C=O) groups is 1. The number of hydrogen-bond acceptors (Lipinski definition) is 5. The van der Waals surface area contributed by atoms with E-state index in [9.17, 15) is 9.90 Å². The van der Waals surface area contributed by atoms with Gasteiger partial charge in [0.2, 0.25) is 0 Å². The molecule has 3 aliphatic heterocycles. The first-order chi connectivity index (χ1) is 15.8. The molecule has 3 atom stereocenters. The van der Waals surface area contributed by atoms with E-state index in [1.165, 1.54) is 5.56 Å². The summed E-state index contributed by atoms with van der Waals surface area (Å²) in [6.07, 6.45) is 5.91. The lowest BCUT2D eigenvalue weighted by atomic mass is 9.70. The van der Waals surface area contributed by atoms with Crippen molar-refractivity contribution in [2.75, 3.05) is 13.2 Å². The van der Waals surface area contributed by atoms with E-state index in [0.717, 1.165) is 49.6 Å². The number of ether oxygens (including phenoxy) is 2. The Bertz CT molecular complexity index is 1080. The number of carboxylic acid groups (broad SMARTS) is 1. The van der Waals surface area contributed by atoms with Crippen molar-refractivity contribution in [1.82, 2.24) is 4.90 Å². The molecule has 0 bridgehead atoms. The van der Waals surface area contributed by atoms with Crippen molar-refractivity contribution in [3.8, 4) is 11.5 Å². The summed E-state index contributed by atoms with van der Waals surface area (Å²) >= 11 is 0. The van der Waals surface area contributed by atoms with E-state index in [4.69, 9.17) is 14.6 Å². The molecular weight excluding hydrogens is 418 g/mol. The minimum absolute atomic E-state index is 0.0298. The Morgan fingerprint density at radius 3 is 2.76 bits per heavy atom. The minimum atomic E-state index is -0.943. The third-order valence-corrected chi connectivity index (χ3v) is 7.60. The Hall–Kier alpha value is -2.83. The van der Waals surface area contributed by atoms with Gasteiger partial charge in [-0.3, -0.25) is 4.90 Å². The lowest BCUT2D eigenvalue weighted by molar-refractivity contribution is -0.167. The number of aliphatic carboxylic acids is 1. The van der Waals surface area contributed by atoms with Crippen LogP contribution in [-0.4, -0.2) is 45.4 Å². The summed E-state index contributed by atoms with van der Waals surface area (Å²) in [4.78, 5) is 13.3. The molecule has 0 amide bonds. The average molecular weight is 450 g/mol. The molecular formula is C27H31NO5. The number of carboxylic acids is 1. The summed E-state index contributed by atoms with van der Waals surface area (Å²) in [7, 11) is 0. The Morgan fingerprint density at radius 1 is 1.21 bits per heavy atom. The van der Waals surface area contributed by atoms with Crippen molar-refractivity contribution in [3.05, 3.63) is 65.2 Å². The van der Waals surface area contributed by atoms with Gasteiger partial charge in [-0.25, -0.2) is 4.79 Å². The van der Waals surface area contributed by atoms with E-state index in [1.54, 1.807) is 12.1 Å². The van der Waals surface area contributed by atoms with Gasteiger partial charge in [-0.2, -0.15) is 0 Å². The molecule has 2 N–H and O–H groups in total. The number of fused-ring (bicyclic) bond motifs is 3. The summed E-state index contributed by atoms with van der Waals surface area (Å²) in [5.41, 5.74) is 2.56. The van der Waals surface area contributed by atoms with Gasteiger partial charge in [-0.15, -0.1) is 0 Å². The second-order valence-corrected chi connectivity index (χ2v) is 10.1. The maximum Gasteiger partial charge on any atom is 0.328 e. The number of phenolic OH excluding ortho intramolecular Hbond substituents is 1. The molecule has 3 aliphatic rings. The van der Waals surface area contributed by atoms with Crippen LogP contribution in [0.3, 0.4) is 0 Å². The number of nitrogens with zero attached hydrogens (tertiary/aromatic N) is 1. The smallest absolute Gasteiger partial charge is 0.328 e. The first-order valence-electron chi connectivity index (χ1n) is 11.6. The molecule has 3 heterocycles. The molecule has 0 aliphatic carbocycles. The maximum atomic E-state index is 10.7. The molecule has 2 fully saturated rings. The SMILES string of the molecule is CC1(C)Oc2c(O)cccc2[C@@H]2OC[C@]3(CCCN3Cc3ccc(/C=C/C(=O)O)cc3)C[C@H]21. The second kappa shape index (κ2) is 8.19. The Kier molecular flexibility index (Phi) is 5.46. The predicted molar refractivity (Wildman–Crippen MR) is 125 cm³/mol. The van der Waals surface area contributed by atoms with Gasteiger partial charge in [0.15, 0.2) is 11.5 Å². The van der Waals surface area contributed by atoms with Crippen LogP contribution in [0.25, 0.3) is 6.08 Å². The number of phenols is 1. The highest BCUT2D eigenvalue weighted by Crippen LogP contribution is 2.55. The van der Waals surface area contributed by atoms with Gasteiger partial charge in [-0.05, 0) is 62.9 Å². The number of rotatable bonds is 4. The predicted octanol–water partition coefficient (Wildman–Crippen LogP) is 4.77. The van der Waals surface area contributed by atoms with Crippen LogP contribution in [0.4, 0.5) is 0 Å². The third-order valence-electron chi connectivity index (χ3n) is 7.60. The average Bonchev–Trinajstić information content (AvgIpc) is 3.15. The first-order valence-corrected chi connectivity index (χ1v) is 11.6. The standard InChI is InChI=1S/C27H31NO5/c1-26(2)21-15-27(17-32-24(21)20-5-3-6-22(29)25(20)33-26)13-4-14-28(27)16-19-9-7-18(8-10-19)11-12-23(30)31/h3,5-12,21,24,29H,4,13-17H2,1-2H3,(H,30,31)/b12-11+/t21-,24+,27+/m1/s1. The number of benzene rings is 2. The van der Waals surface area contributed by atoms with Crippen LogP contribution in [-0.2, 0) is 16.1 Å². The van der Waals surface area contributed by atoms with Crippen molar-refractivity contribution in [1.29, 1.82) is 0 Å². The minimum Gasteiger partial charge on any atom is -0.504 e. The van der Waals surface area contributed by atoms with Gasteiger partial charge >= 0.3 is 5.97 Å². The fourth-order valence-electron chi connectivity index (χ4n) is 5.83. The van der Waals surface area contributed by atoms with E-state index in [0.29, 0.717) is 12.4 Å². The molecule has 6 nitrogen and oxygen atoms in total. The lowest BCUT2D eigenvalue weighted by Crippen LogP contribution is -2.58. The summed E-state index contributed by atoms with van der Waals surface area (Å²) < 4.78 is 12.9. The molecule has 0 radical (unpaired) electrons. The zero-order valence-corrected chi connectivity index (χ0v) is 19.2. The fourth-order valence-corrected chi connectivity index (χ4v) is 5.83. The van der Waals surface area contributed by atoms with Gasteiger partial charge in [0.25, 0.3) is 0 Å². The largest absolute Gasteiger partial charge is 0.504 e. The van der Waals surface area contributed by atoms with Crippen LogP contribution in [0.15, 0.2) is 48.5 Å². The van der Waals surface area contributed by atoms with Gasteiger partial charge in [-0.1, -0.05) is 36.4 Å². The lowest BCUT2D eigenvalue weighted by Gasteiger charge is -2.54. The van der Waals surface area contributed by atoms with Gasteiger partial charge in [0.1, 0.15) is 5.60 Å². The molecule has 0 unspecified atom stereocenters. The van der Waals surface area contributed by atoms with Crippen molar-refractivity contribution < 1.29 is 24.5 Å². The Morgan fingerprint density at radius 2 is 2.00 bits per heavy atom. The Labute approximate surface area is 194 Å². The second-order valence-electron chi connectivity index (χ2n) is 10.1. The highest BCUT2D eigenvalue weighted by Gasteiger charge is 2.55. The van der Waals surface area contributed by atoms with Crippen molar-refractivity contribution in [2.24, 2.45) is 5.92 Å². The highest BCUT2D eigenvalue weighted by molar-refractivity contribution is 5.85. The van der Waals surface area contributed by atoms with E-state index in [-0.39, 0.29) is 23.3 Å². The maximum absolute atomic E-state index is 10.7. The van der Waals surface area contributed by atoms with Crippen LogP contribution in [0.5, 0.6) is 11.5 Å². The van der Waals surface area contributed by atoms with E-state index >= 15 is 0 Å². The van der Waals surface area contributed by atoms with Crippen LogP contribution < -0.4 is 4.74 Å². The van der Waals surface area contributed by atoms with E-state index in [2.05, 4.69) is 30.9 Å². The highest BCUT2D eigenvalue weighted by atomic mass is 16.5. The zero-order valence-electron chi connectivity index (χ0n) is 19.2. The topological polar surface area (TPSA) is 79.2 Å². The van der Waals surface area contributed by atoms with Gasteiger partial charge in [0.05, 0.1) is 12.7 Å². The molecule has 6 heteroatoms. The monoisotopic (exact) mass is 449 g/mol. The molecule has 0 aromatic heterocycles. The van der Waals surface area contributed by atoms with Crippen LogP contribution in [0, 0.1) is 5.92 Å². The third kappa shape index (κ3) is 4.02.